The van der Waals surface area contributed by atoms with E-state index in [9.17, 15) is 9.18 Å². The van der Waals surface area contributed by atoms with E-state index in [0.29, 0.717) is 35.5 Å². The van der Waals surface area contributed by atoms with Crippen LogP contribution in [0.2, 0.25) is 0 Å². The third-order valence-corrected chi connectivity index (χ3v) is 4.22. The number of aromatic nitrogens is 2. The Labute approximate surface area is 144 Å². The first kappa shape index (κ1) is 15.3. The monoisotopic (exact) mass is 333 g/mol. The Morgan fingerprint density at radius 1 is 1.08 bits per heavy atom. The van der Waals surface area contributed by atoms with Crippen molar-refractivity contribution in [2.45, 2.75) is 6.42 Å². The Balaban J connectivity index is 1.69. The molecule has 0 unspecified atom stereocenters. The minimum atomic E-state index is -0.420. The normalized spacial score (nSPS) is 13.7. The summed E-state index contributed by atoms with van der Waals surface area (Å²) in [6.45, 7) is 0.593. The molecule has 25 heavy (non-hydrogen) atoms. The maximum Gasteiger partial charge on any atom is 0.253 e. The van der Waals surface area contributed by atoms with Gasteiger partial charge in [-0.05, 0) is 23.8 Å². The Bertz CT molecular complexity index is 960. The molecule has 1 amide bonds. The van der Waals surface area contributed by atoms with Crippen molar-refractivity contribution in [1.29, 1.82) is 0 Å². The smallest absolute Gasteiger partial charge is 0.253 e. The fourth-order valence-corrected chi connectivity index (χ4v) is 2.94. The van der Waals surface area contributed by atoms with E-state index in [1.165, 1.54) is 6.20 Å². The highest BCUT2D eigenvalue weighted by molar-refractivity contribution is 5.97. The van der Waals surface area contributed by atoms with Gasteiger partial charge in [0.1, 0.15) is 0 Å². The van der Waals surface area contributed by atoms with Gasteiger partial charge in [-0.3, -0.25) is 9.78 Å². The molecule has 0 atom stereocenters. The topological polar surface area (TPSA) is 57.8 Å². The van der Waals surface area contributed by atoms with Gasteiger partial charge in [-0.15, -0.1) is 0 Å². The molecule has 0 radical (unpaired) electrons. The van der Waals surface area contributed by atoms with Crippen LogP contribution in [-0.4, -0.2) is 22.4 Å². The highest BCUT2D eigenvalue weighted by Crippen LogP contribution is 2.26. The zero-order valence-corrected chi connectivity index (χ0v) is 13.4. The fourth-order valence-electron chi connectivity index (χ4n) is 2.94. The zero-order valence-electron chi connectivity index (χ0n) is 13.4. The Kier molecular flexibility index (Phi) is 3.90. The maximum atomic E-state index is 14.3. The van der Waals surface area contributed by atoms with Gasteiger partial charge in [0.05, 0.1) is 17.5 Å². The minimum absolute atomic E-state index is 0.123. The second-order valence-electron chi connectivity index (χ2n) is 5.91. The molecule has 3 heterocycles. The van der Waals surface area contributed by atoms with Gasteiger partial charge in [-0.1, -0.05) is 36.4 Å². The van der Waals surface area contributed by atoms with E-state index in [2.05, 4.69) is 15.3 Å². The standard InChI is InChI=1S/C20H16FN3O/c21-17-12-23-14(7-6-13-4-2-1-3-5-13)10-15(17)19-11-16-18(24-19)8-9-22-20(16)25/h1-7,10-12,24H,8-9H2,(H,22,25)/b7-6+. The van der Waals surface area contributed by atoms with Gasteiger partial charge in [0.15, 0.2) is 5.82 Å². The first-order chi connectivity index (χ1) is 12.2. The predicted octanol–water partition coefficient (Wildman–Crippen LogP) is 3.67. The number of carbonyl (C=O) groups excluding carboxylic acids is 1. The largest absolute Gasteiger partial charge is 0.358 e. The van der Waals surface area contributed by atoms with Crippen molar-refractivity contribution < 1.29 is 9.18 Å². The van der Waals surface area contributed by atoms with Crippen LogP contribution in [0, 0.1) is 5.82 Å². The summed E-state index contributed by atoms with van der Waals surface area (Å²) in [5, 5.41) is 2.79. The molecule has 0 spiro atoms. The average Bonchev–Trinajstić information content (AvgIpc) is 3.07. The lowest BCUT2D eigenvalue weighted by atomic mass is 10.1. The highest BCUT2D eigenvalue weighted by atomic mass is 19.1. The molecule has 0 fully saturated rings. The third-order valence-electron chi connectivity index (χ3n) is 4.22. The van der Waals surface area contributed by atoms with E-state index < -0.39 is 5.82 Å². The summed E-state index contributed by atoms with van der Waals surface area (Å²) in [6, 6.07) is 13.2. The molecule has 3 aromatic rings. The van der Waals surface area contributed by atoms with Gasteiger partial charge in [-0.25, -0.2) is 4.39 Å². The van der Waals surface area contributed by atoms with E-state index in [4.69, 9.17) is 0 Å². The van der Waals surface area contributed by atoms with E-state index in [1.54, 1.807) is 12.1 Å². The van der Waals surface area contributed by atoms with E-state index in [1.807, 2.05) is 42.5 Å². The van der Waals surface area contributed by atoms with Crippen LogP contribution in [-0.2, 0) is 6.42 Å². The van der Waals surface area contributed by atoms with Crippen molar-refractivity contribution in [3.8, 4) is 11.3 Å². The summed E-state index contributed by atoms with van der Waals surface area (Å²) in [4.78, 5) is 19.2. The summed E-state index contributed by atoms with van der Waals surface area (Å²) < 4.78 is 14.3. The number of pyridine rings is 1. The van der Waals surface area contributed by atoms with Crippen LogP contribution >= 0.6 is 0 Å². The number of halogens is 1. The number of benzene rings is 1. The molecule has 1 aliphatic rings. The van der Waals surface area contributed by atoms with Crippen molar-refractivity contribution in [3.63, 3.8) is 0 Å². The molecule has 0 bridgehead atoms. The number of aromatic amines is 1. The lowest BCUT2D eigenvalue weighted by molar-refractivity contribution is 0.0946. The van der Waals surface area contributed by atoms with Crippen LogP contribution in [0.3, 0.4) is 0 Å². The summed E-state index contributed by atoms with van der Waals surface area (Å²) in [6.07, 6.45) is 5.69. The predicted molar refractivity (Wildman–Crippen MR) is 95.4 cm³/mol. The molecular weight excluding hydrogens is 317 g/mol. The maximum absolute atomic E-state index is 14.3. The van der Waals surface area contributed by atoms with E-state index >= 15 is 0 Å². The molecular formula is C20H16FN3O. The number of fused-ring (bicyclic) bond motifs is 1. The van der Waals surface area contributed by atoms with Crippen molar-refractivity contribution >= 4 is 18.1 Å². The van der Waals surface area contributed by atoms with Crippen LogP contribution in [0.1, 0.15) is 27.3 Å². The van der Waals surface area contributed by atoms with Gasteiger partial charge in [-0.2, -0.15) is 0 Å². The lowest BCUT2D eigenvalue weighted by Gasteiger charge is -2.10. The van der Waals surface area contributed by atoms with Crippen molar-refractivity contribution in [1.82, 2.24) is 15.3 Å². The third kappa shape index (κ3) is 3.08. The van der Waals surface area contributed by atoms with Crippen molar-refractivity contribution in [2.75, 3.05) is 6.54 Å². The molecule has 4 rings (SSSR count). The number of hydrogen-bond donors (Lipinski definition) is 2. The summed E-state index contributed by atoms with van der Waals surface area (Å²) in [5.41, 5.74) is 4.12. The van der Waals surface area contributed by atoms with Gasteiger partial charge >= 0.3 is 0 Å². The highest BCUT2D eigenvalue weighted by Gasteiger charge is 2.21. The Morgan fingerprint density at radius 3 is 2.72 bits per heavy atom. The Morgan fingerprint density at radius 2 is 1.92 bits per heavy atom. The van der Waals surface area contributed by atoms with Crippen LogP contribution in [0.4, 0.5) is 4.39 Å². The van der Waals surface area contributed by atoms with Crippen LogP contribution in [0.5, 0.6) is 0 Å². The second-order valence-corrected chi connectivity index (χ2v) is 5.91. The fraction of sp³-hybridized carbons (Fsp3) is 0.100. The molecule has 0 saturated heterocycles. The molecule has 124 valence electrons. The SMILES string of the molecule is O=C1NCCc2[nH]c(-c3cc(/C=C/c4ccccc4)ncc3F)cc21. The molecule has 1 aliphatic heterocycles. The molecule has 2 aromatic heterocycles. The summed E-state index contributed by atoms with van der Waals surface area (Å²) in [5.74, 6) is -0.543. The van der Waals surface area contributed by atoms with Crippen LogP contribution in [0.15, 0.2) is 48.7 Å². The lowest BCUT2D eigenvalue weighted by Crippen LogP contribution is -2.31. The average molecular weight is 333 g/mol. The van der Waals surface area contributed by atoms with Crippen molar-refractivity contribution in [3.05, 3.63) is 77.0 Å². The molecule has 4 nitrogen and oxygen atoms in total. The number of nitrogens with zero attached hydrogens (tertiary/aromatic N) is 1. The van der Waals surface area contributed by atoms with Gasteiger partial charge in [0.25, 0.3) is 5.91 Å². The summed E-state index contributed by atoms with van der Waals surface area (Å²) >= 11 is 0. The second kappa shape index (κ2) is 6.36. The molecule has 5 heteroatoms. The number of hydrogen-bond acceptors (Lipinski definition) is 2. The first-order valence-electron chi connectivity index (χ1n) is 8.10. The van der Waals surface area contributed by atoms with Crippen LogP contribution < -0.4 is 5.32 Å². The Hall–Kier alpha value is -3.21. The quantitative estimate of drug-likeness (QED) is 0.768. The van der Waals surface area contributed by atoms with Gasteiger partial charge in [0, 0.05) is 29.9 Å². The van der Waals surface area contributed by atoms with Gasteiger partial charge < -0.3 is 10.3 Å². The van der Waals surface area contributed by atoms with E-state index in [0.717, 1.165) is 11.3 Å². The molecule has 0 aliphatic carbocycles. The van der Waals surface area contributed by atoms with E-state index in [-0.39, 0.29) is 5.91 Å². The van der Waals surface area contributed by atoms with Crippen molar-refractivity contribution in [2.24, 2.45) is 0 Å². The van der Waals surface area contributed by atoms with Crippen LogP contribution in [0.25, 0.3) is 23.4 Å². The number of H-pyrrole nitrogens is 1. The molecule has 1 aromatic carbocycles. The first-order valence-corrected chi connectivity index (χ1v) is 8.10. The van der Waals surface area contributed by atoms with Gasteiger partial charge in [0.2, 0.25) is 0 Å². The number of nitrogens with one attached hydrogen (secondary N) is 2. The number of rotatable bonds is 3. The number of carbonyl (C=O) groups is 1. The molecule has 0 saturated carbocycles. The minimum Gasteiger partial charge on any atom is -0.358 e. The summed E-state index contributed by atoms with van der Waals surface area (Å²) in [7, 11) is 0. The zero-order chi connectivity index (χ0) is 17.2. The molecule has 2 N–H and O–H groups in total. The number of amides is 1.